The van der Waals surface area contributed by atoms with Crippen molar-refractivity contribution >= 4 is 0 Å². The number of benzene rings is 1. The molecule has 2 aromatic heterocycles. The minimum Gasteiger partial charge on any atom is -0.267 e. The van der Waals surface area contributed by atoms with Gasteiger partial charge in [-0.3, -0.25) is 4.79 Å². The van der Waals surface area contributed by atoms with Crippen LogP contribution in [0, 0.1) is 13.8 Å². The van der Waals surface area contributed by atoms with Crippen LogP contribution in [0.3, 0.4) is 0 Å². The van der Waals surface area contributed by atoms with E-state index in [1.807, 2.05) is 18.2 Å². The Hall–Kier alpha value is -2.75. The van der Waals surface area contributed by atoms with E-state index in [4.69, 9.17) is 5.10 Å². The van der Waals surface area contributed by atoms with E-state index in [0.29, 0.717) is 5.82 Å². The van der Waals surface area contributed by atoms with Gasteiger partial charge in [0, 0.05) is 17.3 Å². The molecule has 2 heterocycles. The topological polar surface area (TPSA) is 47.8 Å². The van der Waals surface area contributed by atoms with Gasteiger partial charge in [0.25, 0.3) is 5.56 Å². The molecule has 0 saturated heterocycles. The van der Waals surface area contributed by atoms with Crippen molar-refractivity contribution in [3.63, 3.8) is 0 Å². The Bertz CT molecular complexity index is 990. The quantitative estimate of drug-likeness (QED) is 0.718. The number of nitrogens with zero attached hydrogens (tertiary/aromatic N) is 3. The molecule has 0 spiro atoms. The molecule has 0 unspecified atom stereocenters. The van der Waals surface area contributed by atoms with Crippen LogP contribution in [0.2, 0.25) is 0 Å². The lowest BCUT2D eigenvalue weighted by Gasteiger charge is -2.21. The van der Waals surface area contributed by atoms with E-state index in [1.165, 1.54) is 15.8 Å². The van der Waals surface area contributed by atoms with E-state index in [2.05, 4.69) is 37.0 Å². The third kappa shape index (κ3) is 2.78. The first kappa shape index (κ1) is 15.8. The van der Waals surface area contributed by atoms with Gasteiger partial charge in [0.15, 0.2) is 5.82 Å². The van der Waals surface area contributed by atoms with Gasteiger partial charge in [0.1, 0.15) is 0 Å². The van der Waals surface area contributed by atoms with E-state index in [1.54, 1.807) is 6.20 Å². The summed E-state index contributed by atoms with van der Waals surface area (Å²) in [7, 11) is 0. The first-order valence-corrected chi connectivity index (χ1v) is 8.79. The summed E-state index contributed by atoms with van der Waals surface area (Å²) < 4.78 is 1.47. The molecule has 0 N–H and O–H groups in total. The van der Waals surface area contributed by atoms with Crippen LogP contribution in [-0.2, 0) is 12.8 Å². The van der Waals surface area contributed by atoms with Gasteiger partial charge in [-0.1, -0.05) is 29.8 Å². The molecule has 0 radical (unpaired) electrons. The first-order chi connectivity index (χ1) is 12.1. The van der Waals surface area contributed by atoms with Crippen molar-refractivity contribution in [2.45, 2.75) is 39.5 Å². The standard InChI is InChI=1S/C21H21N3O/c1-14-10-11-16(15(2)13-14)20-17-7-3-4-8-18(17)21(25)24(23-20)19-9-5-6-12-22-19/h5-6,9-13H,3-4,7-8H2,1-2H3. The Kier molecular flexibility index (Phi) is 3.96. The van der Waals surface area contributed by atoms with Crippen molar-refractivity contribution in [2.75, 3.05) is 0 Å². The Morgan fingerprint density at radius 3 is 2.52 bits per heavy atom. The maximum atomic E-state index is 13.0. The molecule has 4 heteroatoms. The van der Waals surface area contributed by atoms with Crippen LogP contribution in [0.4, 0.5) is 0 Å². The molecule has 126 valence electrons. The number of aryl methyl sites for hydroxylation is 2. The van der Waals surface area contributed by atoms with Crippen molar-refractivity contribution in [3.8, 4) is 17.1 Å². The Morgan fingerprint density at radius 2 is 1.80 bits per heavy atom. The summed E-state index contributed by atoms with van der Waals surface area (Å²) in [5.74, 6) is 0.576. The van der Waals surface area contributed by atoms with Crippen LogP contribution < -0.4 is 5.56 Å². The summed E-state index contributed by atoms with van der Waals surface area (Å²) in [5.41, 5.74) is 6.45. The maximum Gasteiger partial charge on any atom is 0.276 e. The molecule has 1 aliphatic rings. The normalized spacial score (nSPS) is 13.5. The molecule has 0 bridgehead atoms. The Balaban J connectivity index is 2.02. The predicted molar refractivity (Wildman–Crippen MR) is 99.2 cm³/mol. The summed E-state index contributed by atoms with van der Waals surface area (Å²) in [5, 5.41) is 4.76. The van der Waals surface area contributed by atoms with Gasteiger partial charge in [-0.2, -0.15) is 9.78 Å². The molecule has 0 aliphatic heterocycles. The highest BCUT2D eigenvalue weighted by Crippen LogP contribution is 2.30. The average molecular weight is 331 g/mol. The number of hydrogen-bond donors (Lipinski definition) is 0. The van der Waals surface area contributed by atoms with E-state index in [-0.39, 0.29) is 5.56 Å². The Morgan fingerprint density at radius 1 is 1.00 bits per heavy atom. The second-order valence-electron chi connectivity index (χ2n) is 6.74. The highest BCUT2D eigenvalue weighted by atomic mass is 16.1. The maximum absolute atomic E-state index is 13.0. The van der Waals surface area contributed by atoms with Gasteiger partial charge in [-0.15, -0.1) is 0 Å². The minimum absolute atomic E-state index is 0.0260. The number of fused-ring (bicyclic) bond motifs is 1. The number of hydrogen-bond acceptors (Lipinski definition) is 3. The van der Waals surface area contributed by atoms with Crippen molar-refractivity contribution in [1.29, 1.82) is 0 Å². The van der Waals surface area contributed by atoms with Crippen molar-refractivity contribution in [3.05, 3.63) is 75.2 Å². The van der Waals surface area contributed by atoms with Gasteiger partial charge in [-0.25, -0.2) is 4.98 Å². The van der Waals surface area contributed by atoms with Crippen LogP contribution in [0.15, 0.2) is 47.4 Å². The fraction of sp³-hybridized carbons (Fsp3) is 0.286. The van der Waals surface area contributed by atoms with E-state index >= 15 is 0 Å². The second kappa shape index (κ2) is 6.28. The minimum atomic E-state index is -0.0260. The van der Waals surface area contributed by atoms with Gasteiger partial charge in [0.05, 0.1) is 5.69 Å². The zero-order valence-electron chi connectivity index (χ0n) is 14.6. The smallest absolute Gasteiger partial charge is 0.267 e. The van der Waals surface area contributed by atoms with Crippen LogP contribution >= 0.6 is 0 Å². The largest absolute Gasteiger partial charge is 0.276 e. The van der Waals surface area contributed by atoms with Crippen LogP contribution in [0.25, 0.3) is 17.1 Å². The summed E-state index contributed by atoms with van der Waals surface area (Å²) in [6, 6.07) is 12.0. The third-order valence-corrected chi connectivity index (χ3v) is 4.91. The molecule has 0 atom stereocenters. The van der Waals surface area contributed by atoms with E-state index < -0.39 is 0 Å². The SMILES string of the molecule is Cc1ccc(-c2nn(-c3ccccn3)c(=O)c3c2CCCC3)c(C)c1. The molecule has 0 amide bonds. The molecule has 4 rings (SSSR count). The molecule has 0 saturated carbocycles. The summed E-state index contributed by atoms with van der Waals surface area (Å²) >= 11 is 0. The number of aromatic nitrogens is 3. The summed E-state index contributed by atoms with van der Waals surface area (Å²) in [4.78, 5) is 17.3. The monoisotopic (exact) mass is 331 g/mol. The fourth-order valence-electron chi connectivity index (χ4n) is 3.67. The molecule has 1 aliphatic carbocycles. The third-order valence-electron chi connectivity index (χ3n) is 4.91. The lowest BCUT2D eigenvalue weighted by atomic mass is 9.88. The van der Waals surface area contributed by atoms with Crippen LogP contribution in [0.5, 0.6) is 0 Å². The molecule has 1 aromatic carbocycles. The molecule has 0 fully saturated rings. The van der Waals surface area contributed by atoms with Gasteiger partial charge >= 0.3 is 0 Å². The number of rotatable bonds is 2. The van der Waals surface area contributed by atoms with Crippen molar-refractivity contribution in [2.24, 2.45) is 0 Å². The molecule has 4 nitrogen and oxygen atoms in total. The molecular weight excluding hydrogens is 310 g/mol. The van der Waals surface area contributed by atoms with Gasteiger partial charge in [-0.05, 0) is 62.8 Å². The van der Waals surface area contributed by atoms with Crippen molar-refractivity contribution < 1.29 is 0 Å². The zero-order valence-corrected chi connectivity index (χ0v) is 14.6. The van der Waals surface area contributed by atoms with Crippen LogP contribution in [-0.4, -0.2) is 14.8 Å². The molecule has 25 heavy (non-hydrogen) atoms. The molecular formula is C21H21N3O. The first-order valence-electron chi connectivity index (χ1n) is 8.79. The van der Waals surface area contributed by atoms with Crippen molar-refractivity contribution in [1.82, 2.24) is 14.8 Å². The summed E-state index contributed by atoms with van der Waals surface area (Å²) in [6.07, 6.45) is 5.60. The second-order valence-corrected chi connectivity index (χ2v) is 6.74. The highest BCUT2D eigenvalue weighted by molar-refractivity contribution is 5.68. The predicted octanol–water partition coefficient (Wildman–Crippen LogP) is 3.79. The fourth-order valence-corrected chi connectivity index (χ4v) is 3.67. The Labute approximate surface area is 147 Å². The van der Waals surface area contributed by atoms with Crippen LogP contribution in [0.1, 0.15) is 35.1 Å². The van der Waals surface area contributed by atoms with E-state index in [9.17, 15) is 4.79 Å². The van der Waals surface area contributed by atoms with E-state index in [0.717, 1.165) is 48.1 Å². The zero-order chi connectivity index (χ0) is 17.4. The average Bonchev–Trinajstić information content (AvgIpc) is 2.64. The molecule has 3 aromatic rings. The number of pyridine rings is 1. The lowest BCUT2D eigenvalue weighted by Crippen LogP contribution is -2.30. The van der Waals surface area contributed by atoms with Gasteiger partial charge in [0.2, 0.25) is 0 Å². The van der Waals surface area contributed by atoms with Gasteiger partial charge < -0.3 is 0 Å². The summed E-state index contributed by atoms with van der Waals surface area (Å²) in [6.45, 7) is 4.20. The highest BCUT2D eigenvalue weighted by Gasteiger charge is 2.22. The lowest BCUT2D eigenvalue weighted by molar-refractivity contribution is 0.649.